The van der Waals surface area contributed by atoms with E-state index in [1.165, 1.54) is 24.4 Å². The predicted molar refractivity (Wildman–Crippen MR) is 106 cm³/mol. The summed E-state index contributed by atoms with van der Waals surface area (Å²) in [4.78, 5) is 8.51. The van der Waals surface area contributed by atoms with Gasteiger partial charge in [-0.05, 0) is 42.7 Å². The van der Waals surface area contributed by atoms with Crippen LogP contribution >= 0.6 is 0 Å². The highest BCUT2D eigenvalue weighted by Gasteiger charge is 2.26. The predicted octanol–water partition coefficient (Wildman–Crippen LogP) is 4.17. The monoisotopic (exact) mass is 380 g/mol. The number of rotatable bonds is 8. The fraction of sp³-hybridized carbons (Fsp3) is 0.400. The molecular formula is C20H27F3N4. The fourth-order valence-electron chi connectivity index (χ4n) is 2.25. The second-order valence-electron chi connectivity index (χ2n) is 6.45. The number of hydrogen-bond acceptors (Lipinski definition) is 4. The summed E-state index contributed by atoms with van der Waals surface area (Å²) in [5.41, 5.74) is 12.6. The minimum atomic E-state index is -3.20. The third-order valence-corrected chi connectivity index (χ3v) is 3.80. The number of allylic oxidation sites excluding steroid dienone is 2. The number of nitrogens with zero attached hydrogens (tertiary/aromatic N) is 2. The lowest BCUT2D eigenvalue weighted by Gasteiger charge is -2.16. The lowest BCUT2D eigenvalue weighted by Crippen LogP contribution is -2.22. The Kier molecular flexibility index (Phi) is 8.28. The van der Waals surface area contributed by atoms with Crippen LogP contribution in [-0.4, -0.2) is 30.9 Å². The van der Waals surface area contributed by atoms with Gasteiger partial charge in [0, 0.05) is 37.0 Å². The van der Waals surface area contributed by atoms with Crippen molar-refractivity contribution in [3.63, 3.8) is 0 Å². The van der Waals surface area contributed by atoms with Crippen molar-refractivity contribution in [2.45, 2.75) is 39.5 Å². The highest BCUT2D eigenvalue weighted by molar-refractivity contribution is 6.10. The molecule has 0 radical (unpaired) electrons. The average Bonchev–Trinajstić information content (AvgIpc) is 2.59. The minimum Gasteiger partial charge on any atom is -0.404 e. The maximum atomic E-state index is 13.7. The number of halogens is 3. The summed E-state index contributed by atoms with van der Waals surface area (Å²) >= 11 is 0. The van der Waals surface area contributed by atoms with Gasteiger partial charge in [-0.3, -0.25) is 9.98 Å². The van der Waals surface area contributed by atoms with E-state index in [0.29, 0.717) is 30.2 Å². The van der Waals surface area contributed by atoms with E-state index in [1.807, 2.05) is 20.8 Å². The summed E-state index contributed by atoms with van der Waals surface area (Å²) in [6, 6.07) is 4.16. The van der Waals surface area contributed by atoms with E-state index in [4.69, 9.17) is 11.5 Å². The Balaban J connectivity index is 3.48. The normalized spacial score (nSPS) is 14.4. The summed E-state index contributed by atoms with van der Waals surface area (Å²) in [6.07, 6.45) is 4.07. The molecule has 0 aliphatic carbocycles. The molecule has 0 spiro atoms. The van der Waals surface area contributed by atoms with Crippen LogP contribution in [-0.2, 0) is 0 Å². The summed E-state index contributed by atoms with van der Waals surface area (Å²) in [6.45, 7) is 7.07. The van der Waals surface area contributed by atoms with Crippen molar-refractivity contribution in [1.82, 2.24) is 0 Å². The molecule has 148 valence electrons. The molecular weight excluding hydrogens is 353 g/mol. The Morgan fingerprint density at radius 3 is 2.48 bits per heavy atom. The first-order chi connectivity index (χ1) is 12.6. The molecule has 0 saturated carbocycles. The van der Waals surface area contributed by atoms with E-state index in [0.717, 1.165) is 6.08 Å². The van der Waals surface area contributed by atoms with Crippen molar-refractivity contribution >= 4 is 11.9 Å². The standard InChI is InChI=1S/C20H27F3N4/c1-5-26-11-14(10-24)12-27-18(9-19(25)20(4,22)23)16-7-6-15(21)8-17(16)13(2)3/h6-11,13H,5,12,24-25H2,1-4H3. The SMILES string of the molecule is CCN=CC(=CN)CN=C(C=C(N)C(C)(F)F)c1ccc(F)cc1C(C)C. The third-order valence-electron chi connectivity index (χ3n) is 3.80. The molecule has 0 bridgehead atoms. The van der Waals surface area contributed by atoms with E-state index < -0.39 is 17.4 Å². The second kappa shape index (κ2) is 9.94. The Morgan fingerprint density at radius 1 is 1.30 bits per heavy atom. The molecule has 0 unspecified atom stereocenters. The van der Waals surface area contributed by atoms with Gasteiger partial charge in [0.2, 0.25) is 0 Å². The van der Waals surface area contributed by atoms with Crippen molar-refractivity contribution in [2.75, 3.05) is 13.1 Å². The molecule has 0 aliphatic heterocycles. The lowest BCUT2D eigenvalue weighted by molar-refractivity contribution is 0.0619. The van der Waals surface area contributed by atoms with E-state index in [-0.39, 0.29) is 18.2 Å². The van der Waals surface area contributed by atoms with E-state index in [2.05, 4.69) is 9.98 Å². The number of alkyl halides is 2. The number of hydrogen-bond donors (Lipinski definition) is 2. The van der Waals surface area contributed by atoms with E-state index in [1.54, 1.807) is 6.21 Å². The Bertz CT molecular complexity index is 757. The fourth-order valence-corrected chi connectivity index (χ4v) is 2.25. The highest BCUT2D eigenvalue weighted by Crippen LogP contribution is 2.24. The van der Waals surface area contributed by atoms with Gasteiger partial charge in [0.25, 0.3) is 5.92 Å². The van der Waals surface area contributed by atoms with Crippen molar-refractivity contribution in [2.24, 2.45) is 21.5 Å². The van der Waals surface area contributed by atoms with Gasteiger partial charge in [-0.25, -0.2) is 13.2 Å². The van der Waals surface area contributed by atoms with Crippen LogP contribution in [0.3, 0.4) is 0 Å². The molecule has 1 aromatic carbocycles. The largest absolute Gasteiger partial charge is 0.404 e. The first-order valence-corrected chi connectivity index (χ1v) is 8.70. The summed E-state index contributed by atoms with van der Waals surface area (Å²) in [5, 5.41) is 0. The molecule has 0 heterocycles. The van der Waals surface area contributed by atoms with Crippen LogP contribution in [0.2, 0.25) is 0 Å². The van der Waals surface area contributed by atoms with Gasteiger partial charge in [-0.2, -0.15) is 0 Å². The zero-order valence-electron chi connectivity index (χ0n) is 16.1. The third kappa shape index (κ3) is 6.92. The van der Waals surface area contributed by atoms with Crippen molar-refractivity contribution in [3.8, 4) is 0 Å². The molecule has 1 rings (SSSR count). The second-order valence-corrected chi connectivity index (χ2v) is 6.45. The molecule has 0 atom stereocenters. The van der Waals surface area contributed by atoms with Crippen LogP contribution in [0.1, 0.15) is 44.7 Å². The first-order valence-electron chi connectivity index (χ1n) is 8.70. The summed E-state index contributed by atoms with van der Waals surface area (Å²) in [5.74, 6) is -3.64. The van der Waals surface area contributed by atoms with Crippen LogP contribution < -0.4 is 11.5 Å². The molecule has 1 aromatic rings. The molecule has 0 aromatic heterocycles. The first kappa shape index (κ1) is 22.5. The molecule has 0 fully saturated rings. The van der Waals surface area contributed by atoms with Gasteiger partial charge in [0.15, 0.2) is 0 Å². The summed E-state index contributed by atoms with van der Waals surface area (Å²) < 4.78 is 40.9. The van der Waals surface area contributed by atoms with Crippen molar-refractivity contribution < 1.29 is 13.2 Å². The van der Waals surface area contributed by atoms with Crippen LogP contribution in [0.15, 0.2) is 51.7 Å². The Hall–Kier alpha value is -2.57. The molecule has 0 aliphatic rings. The summed E-state index contributed by atoms with van der Waals surface area (Å²) in [7, 11) is 0. The smallest absolute Gasteiger partial charge is 0.284 e. The number of benzene rings is 1. The highest BCUT2D eigenvalue weighted by atomic mass is 19.3. The van der Waals surface area contributed by atoms with Crippen molar-refractivity contribution in [3.05, 3.63) is 58.7 Å². The van der Waals surface area contributed by atoms with Crippen LogP contribution in [0.5, 0.6) is 0 Å². The van der Waals surface area contributed by atoms with Crippen LogP contribution in [0.4, 0.5) is 13.2 Å². The molecule has 27 heavy (non-hydrogen) atoms. The van der Waals surface area contributed by atoms with Gasteiger partial charge in [0.1, 0.15) is 5.82 Å². The van der Waals surface area contributed by atoms with E-state index >= 15 is 0 Å². The molecule has 0 amide bonds. The maximum Gasteiger partial charge on any atom is 0.284 e. The molecule has 4 N–H and O–H groups in total. The van der Waals surface area contributed by atoms with Gasteiger partial charge in [0.05, 0.1) is 18.0 Å². The lowest BCUT2D eigenvalue weighted by atomic mass is 9.93. The Morgan fingerprint density at radius 2 is 1.96 bits per heavy atom. The van der Waals surface area contributed by atoms with Gasteiger partial charge in [-0.15, -0.1) is 0 Å². The quantitative estimate of drug-likeness (QED) is 0.664. The van der Waals surface area contributed by atoms with Gasteiger partial charge < -0.3 is 11.5 Å². The molecule has 7 heteroatoms. The average molecular weight is 380 g/mol. The Labute approximate surface area is 158 Å². The van der Waals surface area contributed by atoms with Crippen molar-refractivity contribution in [1.29, 1.82) is 0 Å². The zero-order valence-corrected chi connectivity index (χ0v) is 16.1. The molecule has 0 saturated heterocycles. The maximum absolute atomic E-state index is 13.7. The van der Waals surface area contributed by atoms with Gasteiger partial charge in [-0.1, -0.05) is 13.8 Å². The minimum absolute atomic E-state index is 0.0381. The van der Waals surface area contributed by atoms with Gasteiger partial charge >= 0.3 is 0 Å². The van der Waals surface area contributed by atoms with E-state index in [9.17, 15) is 13.2 Å². The van der Waals surface area contributed by atoms with Crippen LogP contribution in [0.25, 0.3) is 0 Å². The van der Waals surface area contributed by atoms with Crippen LogP contribution in [0, 0.1) is 5.82 Å². The number of aliphatic imine (C=N–C) groups is 2. The number of nitrogens with two attached hydrogens (primary N) is 2. The zero-order chi connectivity index (χ0) is 20.6. The topological polar surface area (TPSA) is 76.8 Å². The molecule has 4 nitrogen and oxygen atoms in total.